The van der Waals surface area contributed by atoms with Crippen molar-refractivity contribution < 1.29 is 24.2 Å². The Balaban J connectivity index is 1.79. The first-order chi connectivity index (χ1) is 9.45. The summed E-state index contributed by atoms with van der Waals surface area (Å²) in [6, 6.07) is -1.75. The standard InChI is InChI=1S/C12H19N3O5/c13-10(16)4-2-7(11(17)18)14-12(19)15-8-5-6-1-3-9(8)20-6/h6-9H,1-5H2,(H2,13,16)(H,17,18)(H2,14,15,19). The molecular weight excluding hydrogens is 266 g/mol. The molecule has 2 bridgehead atoms. The summed E-state index contributed by atoms with van der Waals surface area (Å²) in [5.41, 5.74) is 4.97. The van der Waals surface area contributed by atoms with Crippen molar-refractivity contribution in [2.75, 3.05) is 0 Å². The van der Waals surface area contributed by atoms with Crippen LogP contribution in [0.5, 0.6) is 0 Å². The number of carboxylic acids is 1. The molecule has 0 saturated carbocycles. The zero-order valence-electron chi connectivity index (χ0n) is 11.0. The highest BCUT2D eigenvalue weighted by atomic mass is 16.5. The van der Waals surface area contributed by atoms with E-state index in [-0.39, 0.29) is 31.1 Å². The third-order valence-electron chi connectivity index (χ3n) is 3.71. The van der Waals surface area contributed by atoms with Crippen molar-refractivity contribution in [3.63, 3.8) is 0 Å². The smallest absolute Gasteiger partial charge is 0.326 e. The highest BCUT2D eigenvalue weighted by molar-refractivity contribution is 5.83. The van der Waals surface area contributed by atoms with Gasteiger partial charge in [0.15, 0.2) is 0 Å². The molecule has 4 unspecified atom stereocenters. The first kappa shape index (κ1) is 14.6. The molecule has 4 atom stereocenters. The topological polar surface area (TPSA) is 131 Å². The summed E-state index contributed by atoms with van der Waals surface area (Å²) in [4.78, 5) is 33.4. The lowest BCUT2D eigenvalue weighted by Crippen LogP contribution is -2.51. The molecule has 2 aliphatic rings. The number of carbonyl (C=O) groups excluding carboxylic acids is 2. The molecule has 2 heterocycles. The molecule has 0 aromatic rings. The van der Waals surface area contributed by atoms with Crippen molar-refractivity contribution in [1.29, 1.82) is 0 Å². The predicted molar refractivity (Wildman–Crippen MR) is 67.8 cm³/mol. The molecule has 0 aromatic carbocycles. The van der Waals surface area contributed by atoms with Crippen LogP contribution in [0.2, 0.25) is 0 Å². The Morgan fingerprint density at radius 1 is 1.35 bits per heavy atom. The van der Waals surface area contributed by atoms with Crippen LogP contribution in [0.3, 0.4) is 0 Å². The number of hydrogen-bond donors (Lipinski definition) is 4. The highest BCUT2D eigenvalue weighted by Crippen LogP contribution is 2.34. The van der Waals surface area contributed by atoms with Crippen LogP contribution in [0.4, 0.5) is 4.79 Å². The van der Waals surface area contributed by atoms with Crippen LogP contribution in [0.15, 0.2) is 0 Å². The molecule has 2 saturated heterocycles. The van der Waals surface area contributed by atoms with E-state index in [2.05, 4.69) is 10.6 Å². The average Bonchev–Trinajstić information content (AvgIpc) is 2.95. The summed E-state index contributed by atoms with van der Waals surface area (Å²) in [5.74, 6) is -1.79. The molecule has 5 N–H and O–H groups in total. The van der Waals surface area contributed by atoms with Gasteiger partial charge in [-0.05, 0) is 25.7 Å². The summed E-state index contributed by atoms with van der Waals surface area (Å²) in [6.45, 7) is 0. The lowest BCUT2D eigenvalue weighted by molar-refractivity contribution is -0.139. The summed E-state index contributed by atoms with van der Waals surface area (Å²) >= 11 is 0. The number of hydrogen-bond acceptors (Lipinski definition) is 4. The van der Waals surface area contributed by atoms with Crippen molar-refractivity contribution >= 4 is 17.9 Å². The second-order valence-corrected chi connectivity index (χ2v) is 5.23. The summed E-state index contributed by atoms with van der Waals surface area (Å²) < 4.78 is 5.60. The van der Waals surface area contributed by atoms with E-state index in [9.17, 15) is 14.4 Å². The molecule has 2 fully saturated rings. The molecule has 0 spiro atoms. The average molecular weight is 285 g/mol. The van der Waals surface area contributed by atoms with Crippen LogP contribution in [0.25, 0.3) is 0 Å². The van der Waals surface area contributed by atoms with Gasteiger partial charge in [0, 0.05) is 6.42 Å². The Hall–Kier alpha value is -1.83. The van der Waals surface area contributed by atoms with E-state index in [1.165, 1.54) is 0 Å². The van der Waals surface area contributed by atoms with Gasteiger partial charge < -0.3 is 26.2 Å². The number of aliphatic carboxylic acids is 1. The lowest BCUT2D eigenvalue weighted by atomic mass is 9.96. The highest BCUT2D eigenvalue weighted by Gasteiger charge is 2.41. The minimum atomic E-state index is -1.19. The Labute approximate surface area is 116 Å². The van der Waals surface area contributed by atoms with Crippen molar-refractivity contribution in [3.05, 3.63) is 0 Å². The van der Waals surface area contributed by atoms with Gasteiger partial charge in [-0.2, -0.15) is 0 Å². The summed E-state index contributed by atoms with van der Waals surface area (Å²) in [5, 5.41) is 14.1. The number of nitrogens with two attached hydrogens (primary N) is 1. The predicted octanol–water partition coefficient (Wildman–Crippen LogP) is -0.676. The lowest BCUT2D eigenvalue weighted by Gasteiger charge is -2.22. The molecule has 8 heteroatoms. The first-order valence-corrected chi connectivity index (χ1v) is 6.69. The number of ether oxygens (including phenoxy) is 1. The van der Waals surface area contributed by atoms with Crippen LogP contribution in [-0.4, -0.2) is 47.3 Å². The van der Waals surface area contributed by atoms with E-state index < -0.39 is 23.9 Å². The minimum Gasteiger partial charge on any atom is -0.480 e. The van der Waals surface area contributed by atoms with Crippen molar-refractivity contribution in [1.82, 2.24) is 10.6 Å². The molecule has 3 amide bonds. The second kappa shape index (κ2) is 6.08. The zero-order valence-corrected chi connectivity index (χ0v) is 11.0. The SMILES string of the molecule is NC(=O)CCC(NC(=O)NC1CC2CCC1O2)C(=O)O. The van der Waals surface area contributed by atoms with Gasteiger partial charge in [0.1, 0.15) is 6.04 Å². The van der Waals surface area contributed by atoms with Gasteiger partial charge in [-0.1, -0.05) is 0 Å². The summed E-state index contributed by atoms with van der Waals surface area (Å²) in [6.07, 6.45) is 2.81. The van der Waals surface area contributed by atoms with Crippen LogP contribution in [-0.2, 0) is 14.3 Å². The number of urea groups is 1. The van der Waals surface area contributed by atoms with Gasteiger partial charge in [0.2, 0.25) is 5.91 Å². The number of amides is 3. The fraction of sp³-hybridized carbons (Fsp3) is 0.750. The Kier molecular flexibility index (Phi) is 4.43. The maximum atomic E-state index is 11.8. The number of carbonyl (C=O) groups is 3. The van der Waals surface area contributed by atoms with Gasteiger partial charge >= 0.3 is 12.0 Å². The fourth-order valence-corrected chi connectivity index (χ4v) is 2.70. The van der Waals surface area contributed by atoms with E-state index in [4.69, 9.17) is 15.6 Å². The quantitative estimate of drug-likeness (QED) is 0.514. The molecule has 2 aliphatic heterocycles. The number of nitrogens with one attached hydrogen (secondary N) is 2. The number of rotatable bonds is 6. The van der Waals surface area contributed by atoms with Crippen molar-refractivity contribution in [2.24, 2.45) is 5.73 Å². The minimum absolute atomic E-state index is 0.0225. The normalized spacial score (nSPS) is 28.9. The molecular formula is C12H19N3O5. The molecule has 20 heavy (non-hydrogen) atoms. The Morgan fingerprint density at radius 2 is 2.10 bits per heavy atom. The van der Waals surface area contributed by atoms with Crippen LogP contribution in [0, 0.1) is 0 Å². The number of primary amides is 1. The fourth-order valence-electron chi connectivity index (χ4n) is 2.70. The third kappa shape index (κ3) is 3.60. The zero-order chi connectivity index (χ0) is 14.7. The van der Waals surface area contributed by atoms with E-state index in [1.807, 2.05) is 0 Å². The van der Waals surface area contributed by atoms with Gasteiger partial charge in [-0.15, -0.1) is 0 Å². The van der Waals surface area contributed by atoms with Crippen LogP contribution in [0.1, 0.15) is 32.1 Å². The molecule has 8 nitrogen and oxygen atoms in total. The van der Waals surface area contributed by atoms with Crippen LogP contribution < -0.4 is 16.4 Å². The molecule has 112 valence electrons. The third-order valence-corrected chi connectivity index (χ3v) is 3.71. The van der Waals surface area contributed by atoms with Crippen molar-refractivity contribution in [3.8, 4) is 0 Å². The van der Waals surface area contributed by atoms with E-state index in [0.29, 0.717) is 0 Å². The van der Waals surface area contributed by atoms with Crippen LogP contribution >= 0.6 is 0 Å². The van der Waals surface area contributed by atoms with Crippen molar-refractivity contribution in [2.45, 2.75) is 56.4 Å². The van der Waals surface area contributed by atoms with E-state index in [1.54, 1.807) is 0 Å². The Bertz CT molecular complexity index is 414. The monoisotopic (exact) mass is 285 g/mol. The first-order valence-electron chi connectivity index (χ1n) is 6.69. The van der Waals surface area contributed by atoms with Gasteiger partial charge in [0.05, 0.1) is 18.2 Å². The molecule has 0 radical (unpaired) electrons. The number of fused-ring (bicyclic) bond motifs is 2. The largest absolute Gasteiger partial charge is 0.480 e. The maximum Gasteiger partial charge on any atom is 0.326 e. The van der Waals surface area contributed by atoms with Gasteiger partial charge in [-0.25, -0.2) is 9.59 Å². The maximum absolute atomic E-state index is 11.8. The molecule has 2 rings (SSSR count). The van der Waals surface area contributed by atoms with Gasteiger partial charge in [0.25, 0.3) is 0 Å². The van der Waals surface area contributed by atoms with E-state index in [0.717, 1.165) is 19.3 Å². The van der Waals surface area contributed by atoms with Gasteiger partial charge in [-0.3, -0.25) is 4.79 Å². The van der Waals surface area contributed by atoms with E-state index >= 15 is 0 Å². The number of carboxylic acid groups (broad SMARTS) is 1. The molecule has 0 aromatic heterocycles. The molecule has 0 aliphatic carbocycles. The summed E-state index contributed by atoms with van der Waals surface area (Å²) in [7, 11) is 0. The second-order valence-electron chi connectivity index (χ2n) is 5.23. The Morgan fingerprint density at radius 3 is 2.60 bits per heavy atom.